The van der Waals surface area contributed by atoms with Crippen molar-refractivity contribution in [3.8, 4) is 0 Å². The SMILES string of the molecule is C=NC(CC(C)=N)C1(C)CC=C/C=C2/C(=C)NC=NC2C1. The van der Waals surface area contributed by atoms with Gasteiger partial charge < -0.3 is 10.7 Å². The highest BCUT2D eigenvalue weighted by molar-refractivity contribution is 5.79. The van der Waals surface area contributed by atoms with Crippen molar-refractivity contribution in [2.45, 2.75) is 45.2 Å². The Morgan fingerprint density at radius 2 is 2.43 bits per heavy atom. The van der Waals surface area contributed by atoms with Crippen LogP contribution in [0.2, 0.25) is 0 Å². The standard InChI is InChI=1S/C17H24N4/c1-12(18)9-16(19-4)17(3)8-6-5-7-14-13(2)20-11-21-15(14)10-17/h5-7,11,15-16,18H,2,4,8-10H2,1,3H3,(H,20,21)/b6-5?,14-7-,18-12?. The molecule has 1 aliphatic carbocycles. The molecule has 1 aliphatic heterocycles. The Bertz CT molecular complexity index is 541. The van der Waals surface area contributed by atoms with E-state index in [0.29, 0.717) is 12.1 Å². The van der Waals surface area contributed by atoms with Crippen LogP contribution in [0.5, 0.6) is 0 Å². The molecular weight excluding hydrogens is 260 g/mol. The number of hydrogen-bond acceptors (Lipinski definition) is 4. The molecule has 0 saturated carbocycles. The topological polar surface area (TPSA) is 60.6 Å². The number of aliphatic imine (C=N–C) groups is 2. The van der Waals surface area contributed by atoms with Gasteiger partial charge in [-0.3, -0.25) is 9.98 Å². The number of hydrogen-bond donors (Lipinski definition) is 2. The Hall–Kier alpha value is -1.97. The number of nitrogens with zero attached hydrogens (tertiary/aromatic N) is 2. The van der Waals surface area contributed by atoms with Crippen molar-refractivity contribution in [1.82, 2.24) is 5.32 Å². The molecule has 0 spiro atoms. The van der Waals surface area contributed by atoms with Crippen molar-refractivity contribution < 1.29 is 0 Å². The zero-order chi connectivity index (χ0) is 15.5. The minimum absolute atomic E-state index is 0.0392. The highest BCUT2D eigenvalue weighted by Gasteiger charge is 2.37. The monoisotopic (exact) mass is 284 g/mol. The molecule has 0 amide bonds. The predicted molar refractivity (Wildman–Crippen MR) is 90.5 cm³/mol. The lowest BCUT2D eigenvalue weighted by Gasteiger charge is -2.39. The van der Waals surface area contributed by atoms with E-state index in [9.17, 15) is 0 Å². The van der Waals surface area contributed by atoms with Crippen molar-refractivity contribution in [1.29, 1.82) is 5.41 Å². The number of nitrogens with one attached hydrogen (secondary N) is 2. The van der Waals surface area contributed by atoms with E-state index in [-0.39, 0.29) is 17.5 Å². The highest BCUT2D eigenvalue weighted by atomic mass is 15.0. The molecule has 4 heteroatoms. The maximum Gasteiger partial charge on any atom is 0.0875 e. The molecule has 2 N–H and O–H groups in total. The lowest BCUT2D eigenvalue weighted by atomic mass is 9.70. The fourth-order valence-corrected chi connectivity index (χ4v) is 3.07. The normalized spacial score (nSPS) is 32.0. The summed E-state index contributed by atoms with van der Waals surface area (Å²) in [5.41, 5.74) is 2.64. The number of allylic oxidation sites excluding steroid dienone is 3. The molecule has 2 aliphatic rings. The third kappa shape index (κ3) is 3.38. The van der Waals surface area contributed by atoms with Gasteiger partial charge in [-0.2, -0.15) is 0 Å². The first-order valence-electron chi connectivity index (χ1n) is 7.30. The molecule has 0 fully saturated rings. The highest BCUT2D eigenvalue weighted by Crippen LogP contribution is 2.40. The molecule has 1 heterocycles. The Morgan fingerprint density at radius 1 is 1.67 bits per heavy atom. The van der Waals surface area contributed by atoms with Crippen LogP contribution in [0.3, 0.4) is 0 Å². The van der Waals surface area contributed by atoms with Gasteiger partial charge in [0.15, 0.2) is 0 Å². The zero-order valence-electron chi connectivity index (χ0n) is 12.9. The van der Waals surface area contributed by atoms with Gasteiger partial charge in [0.05, 0.1) is 18.4 Å². The van der Waals surface area contributed by atoms with Gasteiger partial charge in [0, 0.05) is 17.8 Å². The summed E-state index contributed by atoms with van der Waals surface area (Å²) in [6.45, 7) is 11.9. The molecule has 112 valence electrons. The maximum atomic E-state index is 7.77. The van der Waals surface area contributed by atoms with E-state index in [0.717, 1.165) is 24.1 Å². The first-order valence-corrected chi connectivity index (χ1v) is 7.30. The van der Waals surface area contributed by atoms with E-state index in [1.165, 1.54) is 0 Å². The molecule has 0 aromatic carbocycles. The molecular formula is C17H24N4. The molecule has 0 aromatic heterocycles. The predicted octanol–water partition coefficient (Wildman–Crippen LogP) is 3.28. The average molecular weight is 284 g/mol. The van der Waals surface area contributed by atoms with Gasteiger partial charge in [0.1, 0.15) is 0 Å². The molecule has 0 radical (unpaired) electrons. The summed E-state index contributed by atoms with van der Waals surface area (Å²) >= 11 is 0. The van der Waals surface area contributed by atoms with Gasteiger partial charge in [-0.25, -0.2) is 0 Å². The van der Waals surface area contributed by atoms with Crippen LogP contribution >= 0.6 is 0 Å². The van der Waals surface area contributed by atoms with Crippen LogP contribution in [-0.4, -0.2) is 30.9 Å². The largest absolute Gasteiger partial charge is 0.347 e. The minimum Gasteiger partial charge on any atom is -0.347 e. The minimum atomic E-state index is -0.0559. The first-order chi connectivity index (χ1) is 9.96. The summed E-state index contributed by atoms with van der Waals surface area (Å²) in [6.07, 6.45) is 10.5. The fourth-order valence-electron chi connectivity index (χ4n) is 3.07. The fraction of sp³-hybridized carbons (Fsp3) is 0.471. The summed E-state index contributed by atoms with van der Waals surface area (Å²) in [6, 6.07) is 0.140. The van der Waals surface area contributed by atoms with Crippen LogP contribution in [0.4, 0.5) is 0 Å². The van der Waals surface area contributed by atoms with E-state index in [1.807, 2.05) is 6.92 Å². The molecule has 21 heavy (non-hydrogen) atoms. The van der Waals surface area contributed by atoms with Crippen LogP contribution in [0.1, 0.15) is 33.1 Å². The van der Waals surface area contributed by atoms with Crippen molar-refractivity contribution in [2.24, 2.45) is 15.4 Å². The van der Waals surface area contributed by atoms with Gasteiger partial charge in [-0.15, -0.1) is 0 Å². The van der Waals surface area contributed by atoms with Crippen molar-refractivity contribution in [3.63, 3.8) is 0 Å². The number of rotatable bonds is 4. The molecule has 2 rings (SSSR count). The Labute approximate surface area is 127 Å². The third-order valence-electron chi connectivity index (χ3n) is 4.38. The Kier molecular flexibility index (Phi) is 4.56. The van der Waals surface area contributed by atoms with Crippen LogP contribution in [-0.2, 0) is 0 Å². The summed E-state index contributed by atoms with van der Waals surface area (Å²) in [5.74, 6) is 0. The summed E-state index contributed by atoms with van der Waals surface area (Å²) in [5, 5.41) is 10.8. The lowest BCUT2D eigenvalue weighted by molar-refractivity contribution is 0.229. The van der Waals surface area contributed by atoms with Gasteiger partial charge in [-0.1, -0.05) is 31.7 Å². The molecule has 0 bridgehead atoms. The second-order valence-corrected chi connectivity index (χ2v) is 6.21. The third-order valence-corrected chi connectivity index (χ3v) is 4.38. The maximum absolute atomic E-state index is 7.77. The van der Waals surface area contributed by atoms with E-state index in [2.05, 4.69) is 53.7 Å². The summed E-state index contributed by atoms with van der Waals surface area (Å²) in [4.78, 5) is 8.90. The van der Waals surface area contributed by atoms with E-state index in [4.69, 9.17) is 5.41 Å². The van der Waals surface area contributed by atoms with E-state index >= 15 is 0 Å². The van der Waals surface area contributed by atoms with Crippen LogP contribution in [0.15, 0.2) is 46.1 Å². The zero-order valence-corrected chi connectivity index (χ0v) is 12.9. The smallest absolute Gasteiger partial charge is 0.0875 e. The molecule has 0 aromatic rings. The Balaban J connectivity index is 2.32. The summed E-state index contributed by atoms with van der Waals surface area (Å²) < 4.78 is 0. The van der Waals surface area contributed by atoms with Gasteiger partial charge >= 0.3 is 0 Å². The quantitative estimate of drug-likeness (QED) is 0.765. The molecule has 0 saturated heterocycles. The van der Waals surface area contributed by atoms with Gasteiger partial charge in [0.25, 0.3) is 0 Å². The first kappa shape index (κ1) is 15.4. The second-order valence-electron chi connectivity index (χ2n) is 6.21. The molecule has 3 unspecified atom stereocenters. The number of fused-ring (bicyclic) bond motifs is 1. The van der Waals surface area contributed by atoms with Crippen molar-refractivity contribution >= 4 is 18.8 Å². The van der Waals surface area contributed by atoms with E-state index < -0.39 is 0 Å². The van der Waals surface area contributed by atoms with Gasteiger partial charge in [-0.05, 0) is 37.5 Å². The summed E-state index contributed by atoms with van der Waals surface area (Å²) in [7, 11) is 0. The van der Waals surface area contributed by atoms with Crippen LogP contribution in [0.25, 0.3) is 0 Å². The van der Waals surface area contributed by atoms with Gasteiger partial charge in [0.2, 0.25) is 0 Å². The lowest BCUT2D eigenvalue weighted by Crippen LogP contribution is -2.38. The van der Waals surface area contributed by atoms with Crippen molar-refractivity contribution in [2.75, 3.05) is 0 Å². The molecule has 4 nitrogen and oxygen atoms in total. The second kappa shape index (κ2) is 6.20. The van der Waals surface area contributed by atoms with Crippen molar-refractivity contribution in [3.05, 3.63) is 36.1 Å². The van der Waals surface area contributed by atoms with E-state index in [1.54, 1.807) is 6.34 Å². The van der Waals surface area contributed by atoms with Crippen LogP contribution < -0.4 is 5.32 Å². The molecule has 3 atom stereocenters. The Morgan fingerprint density at radius 3 is 3.10 bits per heavy atom. The van der Waals surface area contributed by atoms with Crippen LogP contribution in [0, 0.1) is 10.8 Å². The average Bonchev–Trinajstić information content (AvgIpc) is 2.40.